The van der Waals surface area contributed by atoms with Crippen LogP contribution in [-0.4, -0.2) is 26.6 Å². The molecule has 0 aliphatic rings. The van der Waals surface area contributed by atoms with Gasteiger partial charge < -0.3 is 14.8 Å². The van der Waals surface area contributed by atoms with E-state index in [0.29, 0.717) is 0 Å². The molecule has 0 fully saturated rings. The van der Waals surface area contributed by atoms with Crippen LogP contribution in [0.15, 0.2) is 24.3 Å². The summed E-state index contributed by atoms with van der Waals surface area (Å²) in [5.41, 5.74) is 1.14. The van der Waals surface area contributed by atoms with E-state index in [2.05, 4.69) is 5.32 Å². The fourth-order valence-electron chi connectivity index (χ4n) is 1.53. The van der Waals surface area contributed by atoms with Crippen LogP contribution < -0.4 is 5.32 Å². The van der Waals surface area contributed by atoms with Crippen LogP contribution in [0.25, 0.3) is 0 Å². The molecule has 0 heterocycles. The minimum atomic E-state index is -0.237. The minimum Gasteiger partial charge on any atom is -0.354 e. The summed E-state index contributed by atoms with van der Waals surface area (Å²) in [6.07, 6.45) is -0.237. The SMILES string of the molecule is COC(OC)C(C)NCc1cccc(Cl)c1. The van der Waals surface area contributed by atoms with Crippen LogP contribution in [0.5, 0.6) is 0 Å². The lowest BCUT2D eigenvalue weighted by Gasteiger charge is -2.22. The standard InChI is InChI=1S/C12H18ClNO2/c1-9(12(15-2)16-3)14-8-10-5-4-6-11(13)7-10/h4-7,9,12,14H,8H2,1-3H3. The number of hydrogen-bond acceptors (Lipinski definition) is 3. The zero-order chi connectivity index (χ0) is 12.0. The van der Waals surface area contributed by atoms with E-state index < -0.39 is 0 Å². The van der Waals surface area contributed by atoms with Crippen molar-refractivity contribution in [2.24, 2.45) is 0 Å². The molecule has 1 unspecified atom stereocenters. The molecule has 0 spiro atoms. The maximum absolute atomic E-state index is 5.90. The van der Waals surface area contributed by atoms with Gasteiger partial charge in [-0.15, -0.1) is 0 Å². The maximum Gasteiger partial charge on any atom is 0.171 e. The monoisotopic (exact) mass is 243 g/mol. The third-order valence-electron chi connectivity index (χ3n) is 2.39. The Bertz CT molecular complexity index is 316. The first kappa shape index (κ1) is 13.5. The summed E-state index contributed by atoms with van der Waals surface area (Å²) in [6.45, 7) is 2.76. The summed E-state index contributed by atoms with van der Waals surface area (Å²) in [7, 11) is 3.26. The molecule has 0 aliphatic carbocycles. The lowest BCUT2D eigenvalue weighted by atomic mass is 10.2. The second-order valence-electron chi connectivity index (χ2n) is 3.64. The molecule has 0 bridgehead atoms. The fraction of sp³-hybridized carbons (Fsp3) is 0.500. The summed E-state index contributed by atoms with van der Waals surface area (Å²) >= 11 is 5.90. The van der Waals surface area contributed by atoms with Crippen LogP contribution in [0.2, 0.25) is 5.02 Å². The zero-order valence-electron chi connectivity index (χ0n) is 9.87. The predicted octanol–water partition coefficient (Wildman–Crippen LogP) is 2.44. The highest BCUT2D eigenvalue weighted by molar-refractivity contribution is 6.30. The molecule has 0 aromatic heterocycles. The summed E-state index contributed by atoms with van der Waals surface area (Å²) < 4.78 is 10.3. The lowest BCUT2D eigenvalue weighted by molar-refractivity contribution is -0.119. The normalized spacial score (nSPS) is 13.1. The van der Waals surface area contributed by atoms with Gasteiger partial charge in [0.15, 0.2) is 6.29 Å². The Morgan fingerprint density at radius 1 is 1.31 bits per heavy atom. The van der Waals surface area contributed by atoms with Gasteiger partial charge in [0.25, 0.3) is 0 Å². The van der Waals surface area contributed by atoms with E-state index in [4.69, 9.17) is 21.1 Å². The third kappa shape index (κ3) is 4.10. The predicted molar refractivity (Wildman–Crippen MR) is 65.6 cm³/mol. The van der Waals surface area contributed by atoms with Crippen LogP contribution in [0, 0.1) is 0 Å². The first-order valence-corrected chi connectivity index (χ1v) is 5.58. The molecule has 1 atom stereocenters. The second kappa shape index (κ2) is 6.86. The van der Waals surface area contributed by atoms with Crippen molar-refractivity contribution >= 4 is 11.6 Å². The quantitative estimate of drug-likeness (QED) is 0.779. The Morgan fingerprint density at radius 2 is 2.00 bits per heavy atom. The third-order valence-corrected chi connectivity index (χ3v) is 2.63. The van der Waals surface area contributed by atoms with E-state index in [0.717, 1.165) is 17.1 Å². The molecule has 0 amide bonds. The molecular formula is C12H18ClNO2. The molecule has 0 aliphatic heterocycles. The summed E-state index contributed by atoms with van der Waals surface area (Å²) in [5.74, 6) is 0. The average molecular weight is 244 g/mol. The van der Waals surface area contributed by atoms with Crippen LogP contribution >= 0.6 is 11.6 Å². The van der Waals surface area contributed by atoms with Gasteiger partial charge in [-0.25, -0.2) is 0 Å². The van der Waals surface area contributed by atoms with Crippen molar-refractivity contribution in [1.29, 1.82) is 0 Å². The Morgan fingerprint density at radius 3 is 2.56 bits per heavy atom. The van der Waals surface area contributed by atoms with Gasteiger partial charge >= 0.3 is 0 Å². The Kier molecular flexibility index (Phi) is 5.77. The molecule has 1 aromatic carbocycles. The number of rotatable bonds is 6. The molecule has 1 N–H and O–H groups in total. The Hall–Kier alpha value is -0.610. The number of ether oxygens (including phenoxy) is 2. The van der Waals surface area contributed by atoms with Crippen molar-refractivity contribution < 1.29 is 9.47 Å². The van der Waals surface area contributed by atoms with Crippen LogP contribution in [0.4, 0.5) is 0 Å². The van der Waals surface area contributed by atoms with Crippen molar-refractivity contribution in [2.75, 3.05) is 14.2 Å². The number of nitrogens with one attached hydrogen (secondary N) is 1. The van der Waals surface area contributed by atoms with Crippen molar-refractivity contribution in [1.82, 2.24) is 5.32 Å². The molecule has 16 heavy (non-hydrogen) atoms. The first-order chi connectivity index (χ1) is 7.67. The molecule has 0 saturated heterocycles. The van der Waals surface area contributed by atoms with Crippen LogP contribution in [0.3, 0.4) is 0 Å². The topological polar surface area (TPSA) is 30.5 Å². The molecule has 1 rings (SSSR count). The Labute approximate surface area is 102 Å². The van der Waals surface area contributed by atoms with Crippen molar-refractivity contribution in [3.63, 3.8) is 0 Å². The highest BCUT2D eigenvalue weighted by Crippen LogP contribution is 2.10. The van der Waals surface area contributed by atoms with Crippen LogP contribution in [-0.2, 0) is 16.0 Å². The van der Waals surface area contributed by atoms with Gasteiger partial charge in [0.05, 0.1) is 6.04 Å². The maximum atomic E-state index is 5.90. The van der Waals surface area contributed by atoms with Crippen molar-refractivity contribution in [3.8, 4) is 0 Å². The Balaban J connectivity index is 2.45. The van der Waals surface area contributed by atoms with Gasteiger partial charge in [-0.1, -0.05) is 23.7 Å². The number of halogens is 1. The molecule has 0 saturated carbocycles. The summed E-state index contributed by atoms with van der Waals surface area (Å²) in [6, 6.07) is 7.89. The van der Waals surface area contributed by atoms with E-state index in [1.54, 1.807) is 14.2 Å². The van der Waals surface area contributed by atoms with Gasteiger partial charge in [-0.2, -0.15) is 0 Å². The van der Waals surface area contributed by atoms with E-state index in [9.17, 15) is 0 Å². The van der Waals surface area contributed by atoms with E-state index in [1.807, 2.05) is 31.2 Å². The smallest absolute Gasteiger partial charge is 0.171 e. The van der Waals surface area contributed by atoms with Gasteiger partial charge in [-0.3, -0.25) is 0 Å². The largest absolute Gasteiger partial charge is 0.354 e. The number of benzene rings is 1. The zero-order valence-corrected chi connectivity index (χ0v) is 10.6. The molecule has 90 valence electrons. The molecule has 1 aromatic rings. The van der Waals surface area contributed by atoms with Gasteiger partial charge in [-0.05, 0) is 24.6 Å². The van der Waals surface area contributed by atoms with E-state index in [-0.39, 0.29) is 12.3 Å². The minimum absolute atomic E-state index is 0.119. The van der Waals surface area contributed by atoms with Crippen molar-refractivity contribution in [2.45, 2.75) is 25.8 Å². The molecule has 4 heteroatoms. The second-order valence-corrected chi connectivity index (χ2v) is 4.08. The lowest BCUT2D eigenvalue weighted by Crippen LogP contribution is -2.39. The summed E-state index contributed by atoms with van der Waals surface area (Å²) in [5, 5.41) is 4.07. The van der Waals surface area contributed by atoms with Gasteiger partial charge in [0.2, 0.25) is 0 Å². The van der Waals surface area contributed by atoms with E-state index >= 15 is 0 Å². The van der Waals surface area contributed by atoms with Crippen molar-refractivity contribution in [3.05, 3.63) is 34.9 Å². The highest BCUT2D eigenvalue weighted by Gasteiger charge is 2.14. The average Bonchev–Trinajstić information content (AvgIpc) is 2.28. The molecule has 0 radical (unpaired) electrons. The van der Waals surface area contributed by atoms with Gasteiger partial charge in [0, 0.05) is 25.8 Å². The first-order valence-electron chi connectivity index (χ1n) is 5.20. The number of hydrogen-bond donors (Lipinski definition) is 1. The highest BCUT2D eigenvalue weighted by atomic mass is 35.5. The molecule has 3 nitrogen and oxygen atoms in total. The van der Waals surface area contributed by atoms with Crippen LogP contribution in [0.1, 0.15) is 12.5 Å². The van der Waals surface area contributed by atoms with E-state index in [1.165, 1.54) is 0 Å². The number of methoxy groups -OCH3 is 2. The van der Waals surface area contributed by atoms with Gasteiger partial charge in [0.1, 0.15) is 0 Å². The fourth-order valence-corrected chi connectivity index (χ4v) is 1.74. The molecular weight excluding hydrogens is 226 g/mol. The summed E-state index contributed by atoms with van der Waals surface area (Å²) in [4.78, 5) is 0.